The van der Waals surface area contributed by atoms with Gasteiger partial charge in [-0.3, -0.25) is 9.67 Å². The Morgan fingerprint density at radius 2 is 1.96 bits per heavy atom. The fourth-order valence-corrected chi connectivity index (χ4v) is 2.70. The number of nitrogens with zero attached hydrogens (tertiary/aromatic N) is 3. The monoisotopic (exact) mass is 485 g/mol. The van der Waals surface area contributed by atoms with Crippen LogP contribution in [0.1, 0.15) is 24.7 Å². The Morgan fingerprint density at radius 1 is 1.22 bits per heavy atom. The van der Waals surface area contributed by atoms with Gasteiger partial charge in [-0.2, -0.15) is 5.10 Å². The van der Waals surface area contributed by atoms with Crippen LogP contribution in [0.25, 0.3) is 0 Å². The molecule has 2 N–H and O–H groups in total. The Labute approximate surface area is 179 Å². The number of para-hydroxylation sites is 1. The summed E-state index contributed by atoms with van der Waals surface area (Å²) >= 11 is 0. The molecule has 0 aliphatic rings. The molecule has 6 nitrogen and oxygen atoms in total. The van der Waals surface area contributed by atoms with Crippen LogP contribution in [0.4, 0.5) is 0 Å². The molecule has 27 heavy (non-hydrogen) atoms. The summed E-state index contributed by atoms with van der Waals surface area (Å²) in [6, 6.07) is 12.0. The van der Waals surface area contributed by atoms with Gasteiger partial charge in [0.25, 0.3) is 0 Å². The first-order valence-corrected chi connectivity index (χ1v) is 9.22. The highest BCUT2D eigenvalue weighted by molar-refractivity contribution is 14.0. The smallest absolute Gasteiger partial charge is 0.190 e. The van der Waals surface area contributed by atoms with E-state index in [9.17, 15) is 0 Å². The highest BCUT2D eigenvalue weighted by Gasteiger charge is 2.08. The lowest BCUT2D eigenvalue weighted by molar-refractivity contribution is 0.311. The minimum absolute atomic E-state index is 0. The van der Waals surface area contributed by atoms with Crippen molar-refractivity contribution in [2.75, 3.05) is 26.7 Å². The number of benzene rings is 1. The molecular formula is C20H32IN5O. The van der Waals surface area contributed by atoms with Crippen LogP contribution in [0.5, 0.6) is 5.75 Å². The number of guanidine groups is 1. The number of nitrogens with one attached hydrogen (secondary N) is 2. The second kappa shape index (κ2) is 12.6. The minimum Gasteiger partial charge on any atom is -0.494 e. The van der Waals surface area contributed by atoms with Gasteiger partial charge >= 0.3 is 0 Å². The maximum absolute atomic E-state index is 5.69. The molecule has 1 aromatic carbocycles. The van der Waals surface area contributed by atoms with Gasteiger partial charge in [-0.25, -0.2) is 0 Å². The second-order valence-electron chi connectivity index (χ2n) is 6.61. The Bertz CT molecular complexity index is 687. The third-order valence-electron chi connectivity index (χ3n) is 4.06. The molecule has 0 saturated heterocycles. The predicted octanol–water partition coefficient (Wildman–Crippen LogP) is 3.39. The summed E-state index contributed by atoms with van der Waals surface area (Å²) in [4.78, 5) is 4.28. The normalized spacial score (nSPS) is 12.2. The van der Waals surface area contributed by atoms with E-state index in [2.05, 4.69) is 45.3 Å². The predicted molar refractivity (Wildman–Crippen MR) is 122 cm³/mol. The first-order chi connectivity index (χ1) is 12.6. The van der Waals surface area contributed by atoms with Crippen LogP contribution < -0.4 is 15.4 Å². The zero-order valence-electron chi connectivity index (χ0n) is 16.7. The van der Waals surface area contributed by atoms with Crippen molar-refractivity contribution < 1.29 is 4.74 Å². The lowest BCUT2D eigenvalue weighted by atomic mass is 10.2. The molecule has 0 fully saturated rings. The summed E-state index contributed by atoms with van der Waals surface area (Å²) in [5.41, 5.74) is 2.27. The summed E-state index contributed by atoms with van der Waals surface area (Å²) in [6.07, 6.45) is 0.914. The minimum atomic E-state index is 0. The van der Waals surface area contributed by atoms with E-state index in [1.54, 1.807) is 7.05 Å². The Hall–Kier alpha value is -1.77. The van der Waals surface area contributed by atoms with Gasteiger partial charge in [0.1, 0.15) is 5.75 Å². The van der Waals surface area contributed by atoms with E-state index in [0.29, 0.717) is 12.5 Å². The van der Waals surface area contributed by atoms with Crippen LogP contribution in [0.15, 0.2) is 41.4 Å². The molecule has 2 aromatic rings. The van der Waals surface area contributed by atoms with Crippen molar-refractivity contribution in [2.45, 2.75) is 33.7 Å². The topological polar surface area (TPSA) is 63.5 Å². The number of aromatic nitrogens is 2. The molecule has 0 spiro atoms. The van der Waals surface area contributed by atoms with Gasteiger partial charge in [-0.05, 0) is 44.4 Å². The first kappa shape index (κ1) is 23.3. The average molecular weight is 485 g/mol. The summed E-state index contributed by atoms with van der Waals surface area (Å²) in [5, 5.41) is 11.2. The quantitative estimate of drug-likeness (QED) is 0.248. The van der Waals surface area contributed by atoms with Crippen LogP contribution in [0.3, 0.4) is 0 Å². The second-order valence-corrected chi connectivity index (χ2v) is 6.61. The molecule has 1 aromatic heterocycles. The lowest BCUT2D eigenvalue weighted by Crippen LogP contribution is -2.40. The largest absolute Gasteiger partial charge is 0.494 e. The van der Waals surface area contributed by atoms with Gasteiger partial charge in [-0.1, -0.05) is 25.1 Å². The van der Waals surface area contributed by atoms with Crippen molar-refractivity contribution in [3.63, 3.8) is 0 Å². The van der Waals surface area contributed by atoms with E-state index in [0.717, 1.165) is 43.5 Å². The van der Waals surface area contributed by atoms with Crippen molar-refractivity contribution in [3.8, 4) is 5.75 Å². The van der Waals surface area contributed by atoms with Crippen molar-refractivity contribution >= 4 is 29.9 Å². The highest BCUT2D eigenvalue weighted by Crippen LogP contribution is 2.08. The lowest BCUT2D eigenvalue weighted by Gasteiger charge is -2.17. The number of aliphatic imine (C=N–C) groups is 1. The maximum Gasteiger partial charge on any atom is 0.190 e. The third-order valence-corrected chi connectivity index (χ3v) is 4.06. The Kier molecular flexibility index (Phi) is 10.8. The van der Waals surface area contributed by atoms with Gasteiger partial charge < -0.3 is 15.4 Å². The van der Waals surface area contributed by atoms with Crippen molar-refractivity contribution in [2.24, 2.45) is 10.9 Å². The van der Waals surface area contributed by atoms with Crippen molar-refractivity contribution in [1.29, 1.82) is 0 Å². The molecule has 0 aliphatic carbocycles. The molecular weight excluding hydrogens is 453 g/mol. The van der Waals surface area contributed by atoms with E-state index in [-0.39, 0.29) is 24.0 Å². The molecule has 7 heteroatoms. The number of hydrogen-bond acceptors (Lipinski definition) is 3. The Balaban J connectivity index is 0.00000364. The van der Waals surface area contributed by atoms with E-state index in [1.807, 2.05) is 37.3 Å². The number of aryl methyl sites for hydroxylation is 2. The maximum atomic E-state index is 5.69. The third kappa shape index (κ3) is 8.64. The molecule has 1 heterocycles. The van der Waals surface area contributed by atoms with Gasteiger partial charge in [-0.15, -0.1) is 24.0 Å². The molecule has 0 radical (unpaired) electrons. The zero-order chi connectivity index (χ0) is 18.8. The molecule has 0 bridgehead atoms. The van der Waals surface area contributed by atoms with Gasteiger partial charge in [0.15, 0.2) is 5.96 Å². The van der Waals surface area contributed by atoms with Crippen molar-refractivity contribution in [1.82, 2.24) is 20.4 Å². The summed E-state index contributed by atoms with van der Waals surface area (Å²) in [6.45, 7) is 9.58. The van der Waals surface area contributed by atoms with E-state index in [4.69, 9.17) is 4.74 Å². The molecule has 1 atom stereocenters. The van der Waals surface area contributed by atoms with Crippen LogP contribution in [0.2, 0.25) is 0 Å². The van der Waals surface area contributed by atoms with Gasteiger partial charge in [0, 0.05) is 32.4 Å². The first-order valence-electron chi connectivity index (χ1n) is 9.22. The number of hydrogen-bond donors (Lipinski definition) is 2. The van der Waals surface area contributed by atoms with Crippen LogP contribution in [0, 0.1) is 19.8 Å². The highest BCUT2D eigenvalue weighted by atomic mass is 127. The molecule has 150 valence electrons. The molecule has 0 saturated carbocycles. The standard InChI is InChI=1S/C20H31N5O.HI/c1-16(15-25-18(3)13-17(2)24-25)14-23-20(21-4)22-11-8-12-26-19-9-6-5-7-10-19;/h5-7,9-10,13,16H,8,11-12,14-15H2,1-4H3,(H2,21,22,23);1H. The van der Waals surface area contributed by atoms with E-state index >= 15 is 0 Å². The van der Waals surface area contributed by atoms with Crippen LogP contribution in [-0.4, -0.2) is 42.5 Å². The zero-order valence-corrected chi connectivity index (χ0v) is 19.1. The summed E-state index contributed by atoms with van der Waals surface area (Å²) in [7, 11) is 1.79. The fourth-order valence-electron chi connectivity index (χ4n) is 2.70. The molecule has 0 amide bonds. The van der Waals surface area contributed by atoms with Gasteiger partial charge in [0.05, 0.1) is 12.3 Å². The number of ether oxygens (including phenoxy) is 1. The average Bonchev–Trinajstić information content (AvgIpc) is 2.95. The summed E-state index contributed by atoms with van der Waals surface area (Å²) in [5.74, 6) is 2.19. The molecule has 2 rings (SSSR count). The Morgan fingerprint density at radius 3 is 2.59 bits per heavy atom. The SMILES string of the molecule is CN=C(NCCCOc1ccccc1)NCC(C)Cn1nc(C)cc1C.I. The number of rotatable bonds is 9. The van der Waals surface area contributed by atoms with Crippen LogP contribution in [-0.2, 0) is 6.54 Å². The summed E-state index contributed by atoms with van der Waals surface area (Å²) < 4.78 is 7.76. The van der Waals surface area contributed by atoms with E-state index < -0.39 is 0 Å². The number of halogens is 1. The molecule has 0 aliphatic heterocycles. The molecule has 1 unspecified atom stereocenters. The van der Waals surface area contributed by atoms with Crippen molar-refractivity contribution in [3.05, 3.63) is 47.8 Å². The van der Waals surface area contributed by atoms with E-state index in [1.165, 1.54) is 5.69 Å². The van der Waals surface area contributed by atoms with Gasteiger partial charge in [0.2, 0.25) is 0 Å². The van der Waals surface area contributed by atoms with Crippen LogP contribution >= 0.6 is 24.0 Å². The fraction of sp³-hybridized carbons (Fsp3) is 0.500.